The molecule has 4 rings (SSSR count). The van der Waals surface area contributed by atoms with E-state index in [0.717, 1.165) is 0 Å². The molecule has 0 saturated heterocycles. The summed E-state index contributed by atoms with van der Waals surface area (Å²) in [5, 5.41) is 18.5. The molecule has 4 aromatic rings. The number of fused-ring (bicyclic) bond motifs is 1. The highest BCUT2D eigenvalue weighted by atomic mass is 35.5. The number of carbonyl (C=O) groups is 1. The Labute approximate surface area is 167 Å². The van der Waals surface area contributed by atoms with Gasteiger partial charge in [-0.1, -0.05) is 41.4 Å². The van der Waals surface area contributed by atoms with Gasteiger partial charge >= 0.3 is 0 Å². The van der Waals surface area contributed by atoms with E-state index in [1.807, 2.05) is 0 Å². The van der Waals surface area contributed by atoms with Crippen molar-refractivity contribution in [3.8, 4) is 17.0 Å². The van der Waals surface area contributed by atoms with E-state index in [1.54, 1.807) is 42.5 Å². The van der Waals surface area contributed by atoms with E-state index in [9.17, 15) is 14.7 Å². The molecule has 0 aliphatic carbocycles. The maximum atomic E-state index is 12.7. The normalized spacial score (nSPS) is 10.9. The Bertz CT molecular complexity index is 1260. The molecule has 0 spiro atoms. The Morgan fingerprint density at radius 1 is 1.04 bits per heavy atom. The quantitative estimate of drug-likeness (QED) is 0.402. The van der Waals surface area contributed by atoms with E-state index >= 15 is 0 Å². The molecular weight excluding hydrogens is 403 g/mol. The molecule has 0 aliphatic heterocycles. The van der Waals surface area contributed by atoms with Crippen LogP contribution >= 0.6 is 23.2 Å². The van der Waals surface area contributed by atoms with Crippen LogP contribution in [0.25, 0.3) is 22.0 Å². The van der Waals surface area contributed by atoms with Crippen LogP contribution in [0.4, 0.5) is 5.69 Å². The Balaban J connectivity index is 1.83. The maximum Gasteiger partial charge on any atom is 0.275 e. The molecule has 28 heavy (non-hydrogen) atoms. The zero-order chi connectivity index (χ0) is 19.8. The zero-order valence-corrected chi connectivity index (χ0v) is 15.6. The second-order valence-corrected chi connectivity index (χ2v) is 6.73. The number of rotatable bonds is 3. The first kappa shape index (κ1) is 18.1. The third kappa shape index (κ3) is 3.00. The SMILES string of the molecule is O=C(Nc1cccc2c(-c3c(O)[nH][nH]c3=O)ccnc12)c1c(Cl)cccc1Cl. The van der Waals surface area contributed by atoms with Gasteiger partial charge in [0.25, 0.3) is 11.5 Å². The molecule has 9 heteroatoms. The first-order valence-electron chi connectivity index (χ1n) is 8.10. The third-order valence-electron chi connectivity index (χ3n) is 4.24. The minimum atomic E-state index is -0.488. The van der Waals surface area contributed by atoms with Gasteiger partial charge in [-0.2, -0.15) is 0 Å². The van der Waals surface area contributed by atoms with Gasteiger partial charge in [0, 0.05) is 17.1 Å². The van der Waals surface area contributed by atoms with Crippen LogP contribution in [0.1, 0.15) is 10.4 Å². The van der Waals surface area contributed by atoms with E-state index in [4.69, 9.17) is 23.2 Å². The molecule has 4 N–H and O–H groups in total. The summed E-state index contributed by atoms with van der Waals surface area (Å²) >= 11 is 12.2. The molecule has 0 saturated carbocycles. The number of hydrogen-bond acceptors (Lipinski definition) is 4. The summed E-state index contributed by atoms with van der Waals surface area (Å²) in [5.74, 6) is -0.771. The zero-order valence-electron chi connectivity index (χ0n) is 14.1. The number of amides is 1. The molecule has 0 fully saturated rings. The number of halogens is 2. The van der Waals surface area contributed by atoms with Crippen molar-refractivity contribution in [1.29, 1.82) is 0 Å². The number of pyridine rings is 1. The Morgan fingerprint density at radius 2 is 1.75 bits per heavy atom. The van der Waals surface area contributed by atoms with Crippen LogP contribution in [-0.2, 0) is 0 Å². The van der Waals surface area contributed by atoms with Crippen molar-refractivity contribution in [2.75, 3.05) is 5.32 Å². The van der Waals surface area contributed by atoms with Crippen molar-refractivity contribution in [1.82, 2.24) is 15.2 Å². The average molecular weight is 415 g/mol. The van der Waals surface area contributed by atoms with E-state index < -0.39 is 11.5 Å². The average Bonchev–Trinajstić information content (AvgIpc) is 3.00. The summed E-state index contributed by atoms with van der Waals surface area (Å²) in [7, 11) is 0. The molecule has 140 valence electrons. The molecule has 2 aromatic heterocycles. The highest BCUT2D eigenvalue weighted by Crippen LogP contribution is 2.33. The van der Waals surface area contributed by atoms with Gasteiger partial charge < -0.3 is 10.4 Å². The number of nitrogens with zero attached hydrogens (tertiary/aromatic N) is 1. The number of nitrogens with one attached hydrogen (secondary N) is 3. The predicted molar refractivity (Wildman–Crippen MR) is 108 cm³/mol. The highest BCUT2D eigenvalue weighted by Gasteiger charge is 2.18. The summed E-state index contributed by atoms with van der Waals surface area (Å²) in [4.78, 5) is 29.1. The smallest absolute Gasteiger partial charge is 0.275 e. The number of aromatic nitrogens is 3. The third-order valence-corrected chi connectivity index (χ3v) is 4.87. The minimum Gasteiger partial charge on any atom is -0.493 e. The second kappa shape index (κ2) is 7.03. The molecule has 7 nitrogen and oxygen atoms in total. The first-order chi connectivity index (χ1) is 13.5. The first-order valence-corrected chi connectivity index (χ1v) is 8.86. The van der Waals surface area contributed by atoms with Crippen molar-refractivity contribution >= 4 is 45.7 Å². The lowest BCUT2D eigenvalue weighted by molar-refractivity contribution is 0.102. The largest absolute Gasteiger partial charge is 0.493 e. The van der Waals surface area contributed by atoms with Gasteiger partial charge in [0.1, 0.15) is 5.56 Å². The van der Waals surface area contributed by atoms with Crippen molar-refractivity contribution in [2.45, 2.75) is 0 Å². The molecule has 0 aliphatic rings. The van der Waals surface area contributed by atoms with Crippen molar-refractivity contribution in [3.63, 3.8) is 0 Å². The molecule has 0 radical (unpaired) electrons. The second-order valence-electron chi connectivity index (χ2n) is 5.91. The Kier molecular flexibility index (Phi) is 4.54. The topological polar surface area (TPSA) is 111 Å². The summed E-state index contributed by atoms with van der Waals surface area (Å²) in [6, 6.07) is 11.5. The van der Waals surface area contributed by atoms with E-state index in [1.165, 1.54) is 6.20 Å². The molecule has 1 amide bonds. The number of para-hydroxylation sites is 1. The van der Waals surface area contributed by atoms with Gasteiger partial charge in [0.15, 0.2) is 0 Å². The maximum absolute atomic E-state index is 12.7. The number of hydrogen-bond donors (Lipinski definition) is 4. The minimum absolute atomic E-state index is 0.0880. The van der Waals surface area contributed by atoms with Crippen LogP contribution in [-0.4, -0.2) is 26.2 Å². The molecule has 0 atom stereocenters. The van der Waals surface area contributed by atoms with Crippen LogP contribution < -0.4 is 10.9 Å². The van der Waals surface area contributed by atoms with Gasteiger partial charge in [-0.15, -0.1) is 0 Å². The van der Waals surface area contributed by atoms with Crippen LogP contribution in [0, 0.1) is 0 Å². The van der Waals surface area contributed by atoms with Gasteiger partial charge in [0.2, 0.25) is 5.88 Å². The summed E-state index contributed by atoms with van der Waals surface area (Å²) in [5.41, 5.74) is 1.09. The number of benzene rings is 2. The van der Waals surface area contributed by atoms with E-state index in [2.05, 4.69) is 20.5 Å². The van der Waals surface area contributed by atoms with Gasteiger partial charge in [0.05, 0.1) is 26.8 Å². The van der Waals surface area contributed by atoms with Gasteiger partial charge in [-0.05, 0) is 24.3 Å². The van der Waals surface area contributed by atoms with Gasteiger partial charge in [-0.25, -0.2) is 0 Å². The van der Waals surface area contributed by atoms with E-state index in [-0.39, 0.29) is 27.1 Å². The van der Waals surface area contributed by atoms with Crippen LogP contribution in [0.3, 0.4) is 0 Å². The fourth-order valence-electron chi connectivity index (χ4n) is 2.99. The lowest BCUT2D eigenvalue weighted by atomic mass is 10.0. The molecule has 2 aromatic carbocycles. The lowest BCUT2D eigenvalue weighted by Gasteiger charge is -2.11. The van der Waals surface area contributed by atoms with Crippen molar-refractivity contribution in [3.05, 3.63) is 74.6 Å². The van der Waals surface area contributed by atoms with Crippen molar-refractivity contribution in [2.24, 2.45) is 0 Å². The monoisotopic (exact) mass is 414 g/mol. The number of aromatic hydroxyl groups is 1. The lowest BCUT2D eigenvalue weighted by Crippen LogP contribution is -2.13. The Morgan fingerprint density at radius 3 is 2.43 bits per heavy atom. The molecule has 2 heterocycles. The number of aromatic amines is 2. The summed E-state index contributed by atoms with van der Waals surface area (Å²) < 4.78 is 0. The molecule has 0 unspecified atom stereocenters. The summed E-state index contributed by atoms with van der Waals surface area (Å²) in [6.07, 6.45) is 1.49. The highest BCUT2D eigenvalue weighted by molar-refractivity contribution is 6.40. The molecular formula is C19H12Cl2N4O3. The Hall–Kier alpha value is -3.29. The molecule has 0 bridgehead atoms. The fraction of sp³-hybridized carbons (Fsp3) is 0. The van der Waals surface area contributed by atoms with Crippen LogP contribution in [0.2, 0.25) is 10.0 Å². The fourth-order valence-corrected chi connectivity index (χ4v) is 3.56. The summed E-state index contributed by atoms with van der Waals surface area (Å²) in [6.45, 7) is 0. The van der Waals surface area contributed by atoms with Crippen LogP contribution in [0.15, 0.2) is 53.5 Å². The standard InChI is InChI=1S/C19H12Cl2N4O3/c20-11-4-2-5-12(21)15(11)17(26)23-13-6-1-3-10-9(7-8-22-16(10)13)14-18(27)24-25-19(14)28/h1-8H,(H,23,26)(H3,24,25,27,28). The van der Waals surface area contributed by atoms with Crippen LogP contribution in [0.5, 0.6) is 5.88 Å². The van der Waals surface area contributed by atoms with Crippen molar-refractivity contribution < 1.29 is 9.90 Å². The number of carbonyl (C=O) groups excluding carboxylic acids is 1. The van der Waals surface area contributed by atoms with E-state index in [0.29, 0.717) is 22.2 Å². The predicted octanol–water partition coefficient (Wildman–Crippen LogP) is 4.18. The number of anilines is 1. The number of H-pyrrole nitrogens is 2. The van der Waals surface area contributed by atoms with Gasteiger partial charge in [-0.3, -0.25) is 24.8 Å².